The van der Waals surface area contributed by atoms with E-state index in [1.54, 1.807) is 37.3 Å². The van der Waals surface area contributed by atoms with Gasteiger partial charge in [-0.2, -0.15) is 0 Å². The molecule has 0 amide bonds. The monoisotopic (exact) mass is 389 g/mol. The maximum Gasteiger partial charge on any atom is 0.336 e. The van der Waals surface area contributed by atoms with Gasteiger partial charge in [0.2, 0.25) is 0 Å². The fraction of sp³-hybridized carbons (Fsp3) is 0.118. The van der Waals surface area contributed by atoms with Gasteiger partial charge >= 0.3 is 11.3 Å². The van der Waals surface area contributed by atoms with Gasteiger partial charge < -0.3 is 9.15 Å². The van der Waals surface area contributed by atoms with E-state index >= 15 is 0 Å². The molecule has 7 heteroatoms. The minimum absolute atomic E-state index is 0.0163. The third-order valence-electron chi connectivity index (χ3n) is 3.48. The van der Waals surface area contributed by atoms with Crippen LogP contribution in [0.3, 0.4) is 0 Å². The lowest BCUT2D eigenvalue weighted by atomic mass is 10.1. The van der Waals surface area contributed by atoms with E-state index in [2.05, 4.69) is 15.9 Å². The van der Waals surface area contributed by atoms with Crippen molar-refractivity contribution in [2.24, 2.45) is 0 Å². The number of nitro benzene ring substituents is 1. The van der Waals surface area contributed by atoms with Gasteiger partial charge in [-0.25, -0.2) is 4.79 Å². The summed E-state index contributed by atoms with van der Waals surface area (Å²) >= 11 is 3.37. The Morgan fingerprint density at radius 1 is 1.21 bits per heavy atom. The lowest BCUT2D eigenvalue weighted by Gasteiger charge is -2.09. The molecule has 0 atom stereocenters. The maximum atomic E-state index is 11.7. The van der Waals surface area contributed by atoms with Crippen molar-refractivity contribution >= 4 is 32.6 Å². The van der Waals surface area contributed by atoms with Crippen molar-refractivity contribution in [1.29, 1.82) is 0 Å². The molecule has 0 aliphatic rings. The summed E-state index contributed by atoms with van der Waals surface area (Å²) in [6, 6.07) is 11.3. The molecule has 0 spiro atoms. The Morgan fingerprint density at radius 2 is 2.00 bits per heavy atom. The first-order valence-electron chi connectivity index (χ1n) is 7.04. The average molecular weight is 390 g/mol. The molecule has 0 bridgehead atoms. The first kappa shape index (κ1) is 16.2. The third kappa shape index (κ3) is 3.30. The quantitative estimate of drug-likeness (QED) is 0.376. The zero-order valence-corrected chi connectivity index (χ0v) is 14.2. The summed E-state index contributed by atoms with van der Waals surface area (Å²) in [5, 5.41) is 11.9. The van der Waals surface area contributed by atoms with E-state index in [0.717, 1.165) is 10.0 Å². The molecule has 24 heavy (non-hydrogen) atoms. The molecular formula is C17H12BrNO5. The summed E-state index contributed by atoms with van der Waals surface area (Å²) in [5.41, 5.74) is 1.19. The molecule has 0 unspecified atom stereocenters. The minimum Gasteiger partial charge on any atom is -0.482 e. The van der Waals surface area contributed by atoms with Crippen LogP contribution in [0.15, 0.2) is 56.1 Å². The molecule has 6 nitrogen and oxygen atoms in total. The molecule has 1 heterocycles. The molecule has 0 aliphatic heterocycles. The first-order valence-corrected chi connectivity index (χ1v) is 7.83. The fourth-order valence-corrected chi connectivity index (χ4v) is 2.73. The number of hydrogen-bond donors (Lipinski definition) is 0. The van der Waals surface area contributed by atoms with Crippen molar-refractivity contribution in [1.82, 2.24) is 0 Å². The van der Waals surface area contributed by atoms with Crippen LogP contribution in [0.5, 0.6) is 5.75 Å². The zero-order chi connectivity index (χ0) is 17.3. The summed E-state index contributed by atoms with van der Waals surface area (Å²) in [5.74, 6) is 0.155. The normalized spacial score (nSPS) is 10.8. The van der Waals surface area contributed by atoms with Gasteiger partial charge in [-0.3, -0.25) is 10.1 Å². The van der Waals surface area contributed by atoms with Crippen LogP contribution >= 0.6 is 15.9 Å². The summed E-state index contributed by atoms with van der Waals surface area (Å²) in [6.07, 6.45) is 0. The van der Waals surface area contributed by atoms with Gasteiger partial charge in [-0.1, -0.05) is 22.0 Å². The minimum atomic E-state index is -0.498. The Morgan fingerprint density at radius 3 is 2.75 bits per heavy atom. The lowest BCUT2D eigenvalue weighted by molar-refractivity contribution is -0.386. The molecular weight excluding hydrogens is 378 g/mol. The molecule has 0 N–H and O–H groups in total. The van der Waals surface area contributed by atoms with Crippen molar-refractivity contribution in [2.45, 2.75) is 13.5 Å². The highest BCUT2D eigenvalue weighted by Crippen LogP contribution is 2.29. The number of rotatable bonds is 4. The highest BCUT2D eigenvalue weighted by atomic mass is 79.9. The summed E-state index contributed by atoms with van der Waals surface area (Å²) in [4.78, 5) is 22.3. The van der Waals surface area contributed by atoms with Gasteiger partial charge in [0.1, 0.15) is 12.2 Å². The summed E-state index contributed by atoms with van der Waals surface area (Å²) in [6.45, 7) is 1.78. The van der Waals surface area contributed by atoms with E-state index < -0.39 is 10.5 Å². The van der Waals surface area contributed by atoms with Crippen molar-refractivity contribution in [3.05, 3.63) is 78.6 Å². The molecule has 1 aromatic heterocycles. The second-order valence-electron chi connectivity index (χ2n) is 5.25. The number of hydrogen-bond acceptors (Lipinski definition) is 5. The van der Waals surface area contributed by atoms with Gasteiger partial charge in [-0.15, -0.1) is 0 Å². The Kier molecular flexibility index (Phi) is 4.35. The maximum absolute atomic E-state index is 11.7. The summed E-state index contributed by atoms with van der Waals surface area (Å²) < 4.78 is 11.6. The molecule has 3 aromatic rings. The Labute approximate surface area is 145 Å². The number of benzene rings is 2. The second-order valence-corrected chi connectivity index (χ2v) is 6.16. The van der Waals surface area contributed by atoms with Crippen LogP contribution in [-0.4, -0.2) is 4.92 Å². The van der Waals surface area contributed by atoms with Gasteiger partial charge in [0, 0.05) is 27.6 Å². The highest BCUT2D eigenvalue weighted by Gasteiger charge is 2.16. The highest BCUT2D eigenvalue weighted by molar-refractivity contribution is 9.10. The lowest BCUT2D eigenvalue weighted by Crippen LogP contribution is -2.05. The molecule has 122 valence electrons. The van der Waals surface area contributed by atoms with Crippen molar-refractivity contribution in [3.63, 3.8) is 0 Å². The van der Waals surface area contributed by atoms with Crippen molar-refractivity contribution in [3.8, 4) is 5.75 Å². The number of fused-ring (bicyclic) bond motifs is 1. The Hall–Kier alpha value is -2.67. The fourth-order valence-electron chi connectivity index (χ4n) is 2.37. The molecule has 0 aliphatic carbocycles. The topological polar surface area (TPSA) is 82.6 Å². The van der Waals surface area contributed by atoms with Gasteiger partial charge in [0.25, 0.3) is 0 Å². The predicted molar refractivity (Wildman–Crippen MR) is 92.3 cm³/mol. The van der Waals surface area contributed by atoms with Crippen LogP contribution in [0.25, 0.3) is 11.0 Å². The van der Waals surface area contributed by atoms with Crippen LogP contribution in [0, 0.1) is 17.0 Å². The number of nitrogens with zero attached hydrogens (tertiary/aromatic N) is 1. The van der Waals surface area contributed by atoms with Crippen molar-refractivity contribution in [2.75, 3.05) is 0 Å². The number of halogens is 1. The van der Waals surface area contributed by atoms with Crippen LogP contribution in [0.2, 0.25) is 0 Å². The van der Waals surface area contributed by atoms with Crippen LogP contribution in [-0.2, 0) is 6.61 Å². The van der Waals surface area contributed by atoms with Gasteiger partial charge in [0.05, 0.1) is 4.92 Å². The van der Waals surface area contributed by atoms with Crippen LogP contribution < -0.4 is 10.4 Å². The predicted octanol–water partition coefficient (Wildman–Crippen LogP) is 4.35. The summed E-state index contributed by atoms with van der Waals surface area (Å²) in [7, 11) is 0. The second kappa shape index (κ2) is 6.45. The largest absolute Gasteiger partial charge is 0.482 e. The number of ether oxygens (including phenoxy) is 1. The molecule has 0 radical (unpaired) electrons. The first-order chi connectivity index (χ1) is 11.4. The molecule has 0 fully saturated rings. The molecule has 0 saturated heterocycles. The Balaban J connectivity index is 1.98. The van der Waals surface area contributed by atoms with Gasteiger partial charge in [0.15, 0.2) is 5.75 Å². The van der Waals surface area contributed by atoms with E-state index in [0.29, 0.717) is 16.5 Å². The van der Waals surface area contributed by atoms with Crippen LogP contribution in [0.4, 0.5) is 5.69 Å². The van der Waals surface area contributed by atoms with E-state index in [1.165, 1.54) is 12.1 Å². The van der Waals surface area contributed by atoms with E-state index in [4.69, 9.17) is 9.15 Å². The Bertz CT molecular complexity index is 996. The van der Waals surface area contributed by atoms with Crippen LogP contribution in [0.1, 0.15) is 11.1 Å². The SMILES string of the molecule is Cc1ccc(OCc2cc(=O)oc3ccc(Br)cc23)c([N+](=O)[O-])c1. The number of aryl methyl sites for hydroxylation is 1. The molecule has 3 rings (SSSR count). The smallest absolute Gasteiger partial charge is 0.336 e. The molecule has 2 aromatic carbocycles. The molecule has 0 saturated carbocycles. The average Bonchev–Trinajstić information content (AvgIpc) is 2.53. The van der Waals surface area contributed by atoms with E-state index in [9.17, 15) is 14.9 Å². The van der Waals surface area contributed by atoms with E-state index in [-0.39, 0.29) is 18.0 Å². The van der Waals surface area contributed by atoms with E-state index in [1.807, 2.05) is 0 Å². The standard InChI is InChI=1S/C17H12BrNO5/c1-10-2-4-16(14(6-10)19(21)22)23-9-11-7-17(20)24-15-5-3-12(18)8-13(11)15/h2-8H,9H2,1H3. The zero-order valence-electron chi connectivity index (χ0n) is 12.6. The van der Waals surface area contributed by atoms with Crippen molar-refractivity contribution < 1.29 is 14.1 Å². The number of nitro groups is 1. The van der Waals surface area contributed by atoms with Gasteiger partial charge in [-0.05, 0) is 36.8 Å². The third-order valence-corrected chi connectivity index (χ3v) is 3.98.